The summed E-state index contributed by atoms with van der Waals surface area (Å²) in [4.78, 5) is 23.2. The van der Waals surface area contributed by atoms with Crippen LogP contribution in [0.2, 0.25) is 0 Å². The Morgan fingerprint density at radius 1 is 1.04 bits per heavy atom. The summed E-state index contributed by atoms with van der Waals surface area (Å²) < 4.78 is 28.1. The van der Waals surface area contributed by atoms with E-state index in [4.69, 9.17) is 5.73 Å². The monoisotopic (exact) mass is 399 g/mol. The number of para-hydroxylation sites is 1. The van der Waals surface area contributed by atoms with E-state index in [1.54, 1.807) is 25.1 Å². The van der Waals surface area contributed by atoms with Gasteiger partial charge in [0.1, 0.15) is 5.82 Å². The standard InChI is InChI=1S/C18H17N5O4S/c1-12-11-16(23(21-12)14-5-3-2-4-6-14)20-18(25)22-28(26,27)15-9-7-13(8-10-15)17(19)24/h2-11H,1H3,(H2,19,24)(H2,20,22,25). The van der Waals surface area contributed by atoms with Crippen molar-refractivity contribution >= 4 is 27.8 Å². The number of nitrogens with one attached hydrogen (secondary N) is 2. The number of carbonyl (C=O) groups is 2. The van der Waals surface area contributed by atoms with Gasteiger partial charge >= 0.3 is 6.03 Å². The number of carbonyl (C=O) groups excluding carboxylic acids is 2. The molecule has 1 aromatic heterocycles. The first-order chi connectivity index (χ1) is 13.3. The lowest BCUT2D eigenvalue weighted by Crippen LogP contribution is -2.35. The molecular weight excluding hydrogens is 382 g/mol. The first-order valence-corrected chi connectivity index (χ1v) is 9.60. The maximum Gasteiger partial charge on any atom is 0.334 e. The average molecular weight is 399 g/mol. The van der Waals surface area contributed by atoms with E-state index in [0.717, 1.165) is 0 Å². The summed E-state index contributed by atoms with van der Waals surface area (Å²) in [7, 11) is -4.14. The molecule has 3 aromatic rings. The third-order valence-corrected chi connectivity index (χ3v) is 5.10. The highest BCUT2D eigenvalue weighted by atomic mass is 32.2. The number of amides is 3. The first kappa shape index (κ1) is 19.1. The lowest BCUT2D eigenvalue weighted by Gasteiger charge is -2.10. The number of nitrogens with zero attached hydrogens (tertiary/aromatic N) is 2. The minimum atomic E-state index is -4.14. The van der Waals surface area contributed by atoms with Crippen LogP contribution < -0.4 is 15.8 Å². The van der Waals surface area contributed by atoms with Gasteiger partial charge in [0.15, 0.2) is 0 Å². The number of aryl methyl sites for hydroxylation is 1. The van der Waals surface area contributed by atoms with Crippen LogP contribution in [-0.2, 0) is 10.0 Å². The molecule has 0 atom stereocenters. The first-order valence-electron chi connectivity index (χ1n) is 8.12. The third-order valence-electron chi connectivity index (χ3n) is 3.75. The van der Waals surface area contributed by atoms with Crippen molar-refractivity contribution < 1.29 is 18.0 Å². The summed E-state index contributed by atoms with van der Waals surface area (Å²) >= 11 is 0. The summed E-state index contributed by atoms with van der Waals surface area (Å²) in [6, 6.07) is 14.6. The van der Waals surface area contributed by atoms with Crippen LogP contribution in [0.3, 0.4) is 0 Å². The zero-order chi connectivity index (χ0) is 20.3. The highest BCUT2D eigenvalue weighted by molar-refractivity contribution is 7.90. The van der Waals surface area contributed by atoms with Crippen molar-refractivity contribution in [3.05, 3.63) is 71.9 Å². The van der Waals surface area contributed by atoms with Crippen molar-refractivity contribution in [2.45, 2.75) is 11.8 Å². The van der Waals surface area contributed by atoms with Crippen molar-refractivity contribution in [3.8, 4) is 5.69 Å². The van der Waals surface area contributed by atoms with Gasteiger partial charge in [-0.05, 0) is 43.3 Å². The largest absolute Gasteiger partial charge is 0.366 e. The van der Waals surface area contributed by atoms with Crippen molar-refractivity contribution in [2.75, 3.05) is 5.32 Å². The molecule has 1 heterocycles. The lowest BCUT2D eigenvalue weighted by atomic mass is 10.2. The molecule has 0 saturated carbocycles. The Kier molecular flexibility index (Phi) is 5.14. The summed E-state index contributed by atoms with van der Waals surface area (Å²) in [5.41, 5.74) is 6.63. The number of aromatic nitrogens is 2. The van der Waals surface area contributed by atoms with Crippen molar-refractivity contribution in [2.24, 2.45) is 5.73 Å². The van der Waals surface area contributed by atoms with Crippen LogP contribution in [0.25, 0.3) is 5.69 Å². The molecule has 28 heavy (non-hydrogen) atoms. The molecule has 9 nitrogen and oxygen atoms in total. The third kappa shape index (κ3) is 4.18. The van der Waals surface area contributed by atoms with Gasteiger partial charge in [-0.15, -0.1) is 0 Å². The van der Waals surface area contributed by atoms with Gasteiger partial charge in [-0.3, -0.25) is 10.1 Å². The number of sulfonamides is 1. The Bertz CT molecular complexity index is 1120. The normalized spacial score (nSPS) is 11.0. The molecule has 0 bridgehead atoms. The minimum absolute atomic E-state index is 0.158. The van der Waals surface area contributed by atoms with E-state index < -0.39 is 22.0 Å². The fourth-order valence-electron chi connectivity index (χ4n) is 2.48. The Morgan fingerprint density at radius 3 is 2.29 bits per heavy atom. The average Bonchev–Trinajstić information content (AvgIpc) is 3.02. The molecule has 0 radical (unpaired) electrons. The lowest BCUT2D eigenvalue weighted by molar-refractivity contribution is 0.1000. The number of primary amides is 1. The van der Waals surface area contributed by atoms with E-state index in [2.05, 4.69) is 10.4 Å². The van der Waals surface area contributed by atoms with Crippen molar-refractivity contribution in [1.82, 2.24) is 14.5 Å². The van der Waals surface area contributed by atoms with E-state index in [9.17, 15) is 18.0 Å². The number of urea groups is 1. The summed E-state index contributed by atoms with van der Waals surface area (Å²) in [5, 5.41) is 6.78. The summed E-state index contributed by atoms with van der Waals surface area (Å²) in [6.45, 7) is 1.75. The highest BCUT2D eigenvalue weighted by Gasteiger charge is 2.19. The van der Waals surface area contributed by atoms with Gasteiger partial charge < -0.3 is 5.73 Å². The van der Waals surface area contributed by atoms with E-state index in [0.29, 0.717) is 17.2 Å². The number of rotatable bonds is 5. The van der Waals surface area contributed by atoms with Crippen LogP contribution in [0.15, 0.2) is 65.6 Å². The number of nitrogens with two attached hydrogens (primary N) is 1. The Labute approximate surface area is 161 Å². The molecule has 3 amide bonds. The zero-order valence-corrected chi connectivity index (χ0v) is 15.6. The maximum atomic E-state index is 12.4. The smallest absolute Gasteiger partial charge is 0.334 e. The van der Waals surface area contributed by atoms with E-state index in [-0.39, 0.29) is 10.5 Å². The number of hydrogen-bond acceptors (Lipinski definition) is 5. The summed E-state index contributed by atoms with van der Waals surface area (Å²) in [6.07, 6.45) is 0. The number of anilines is 1. The second-order valence-electron chi connectivity index (χ2n) is 5.87. The minimum Gasteiger partial charge on any atom is -0.366 e. The quantitative estimate of drug-likeness (QED) is 0.601. The molecule has 3 rings (SSSR count). The molecule has 2 aromatic carbocycles. The molecule has 4 N–H and O–H groups in total. The molecule has 0 aliphatic rings. The topological polar surface area (TPSA) is 136 Å². The molecule has 0 saturated heterocycles. The molecule has 0 unspecified atom stereocenters. The van der Waals surface area contributed by atoms with Gasteiger partial charge in [0.05, 0.1) is 16.3 Å². The van der Waals surface area contributed by atoms with E-state index in [1.165, 1.54) is 28.9 Å². The van der Waals surface area contributed by atoms with Gasteiger partial charge in [0, 0.05) is 11.6 Å². The summed E-state index contributed by atoms with van der Waals surface area (Å²) in [5.74, 6) is -0.375. The molecule has 0 aliphatic heterocycles. The predicted octanol–water partition coefficient (Wildman–Crippen LogP) is 1.79. The number of benzene rings is 2. The molecule has 10 heteroatoms. The molecule has 144 valence electrons. The van der Waals surface area contributed by atoms with Crippen LogP contribution in [0.5, 0.6) is 0 Å². The molecule has 0 spiro atoms. The molecule has 0 aliphatic carbocycles. The van der Waals surface area contributed by atoms with Crippen LogP contribution in [0.4, 0.5) is 10.6 Å². The predicted molar refractivity (Wildman–Crippen MR) is 103 cm³/mol. The fourth-order valence-corrected chi connectivity index (χ4v) is 3.38. The highest BCUT2D eigenvalue weighted by Crippen LogP contribution is 2.17. The van der Waals surface area contributed by atoms with Gasteiger partial charge in [-0.25, -0.2) is 22.6 Å². The van der Waals surface area contributed by atoms with Gasteiger partial charge in [0.25, 0.3) is 10.0 Å². The van der Waals surface area contributed by atoms with Gasteiger partial charge in [-0.2, -0.15) is 5.10 Å². The second kappa shape index (κ2) is 7.53. The van der Waals surface area contributed by atoms with Crippen LogP contribution in [0.1, 0.15) is 16.1 Å². The van der Waals surface area contributed by atoms with Crippen molar-refractivity contribution in [1.29, 1.82) is 0 Å². The SMILES string of the molecule is Cc1cc(NC(=O)NS(=O)(=O)c2ccc(C(N)=O)cc2)n(-c2ccccc2)n1. The van der Waals surface area contributed by atoms with Crippen LogP contribution in [-0.4, -0.2) is 30.1 Å². The Morgan fingerprint density at radius 2 is 1.68 bits per heavy atom. The van der Waals surface area contributed by atoms with Crippen LogP contribution >= 0.6 is 0 Å². The molecule has 0 fully saturated rings. The van der Waals surface area contributed by atoms with E-state index in [1.807, 2.05) is 22.9 Å². The molecular formula is C18H17N5O4S. The van der Waals surface area contributed by atoms with Crippen molar-refractivity contribution in [3.63, 3.8) is 0 Å². The fraction of sp³-hybridized carbons (Fsp3) is 0.0556. The van der Waals surface area contributed by atoms with Gasteiger partial charge in [-0.1, -0.05) is 18.2 Å². The second-order valence-corrected chi connectivity index (χ2v) is 7.55. The maximum absolute atomic E-state index is 12.4. The van der Waals surface area contributed by atoms with E-state index >= 15 is 0 Å². The Balaban J connectivity index is 1.78. The zero-order valence-electron chi connectivity index (χ0n) is 14.8. The Hall–Kier alpha value is -3.66. The van der Waals surface area contributed by atoms with Crippen LogP contribution in [0, 0.1) is 6.92 Å². The number of hydrogen-bond donors (Lipinski definition) is 3. The van der Waals surface area contributed by atoms with Gasteiger partial charge in [0.2, 0.25) is 5.91 Å².